The number of nitrogens with zero attached hydrogens (tertiary/aromatic N) is 3. The van der Waals surface area contributed by atoms with Gasteiger partial charge in [-0.05, 0) is 42.0 Å². The van der Waals surface area contributed by atoms with E-state index in [-0.39, 0.29) is 18.0 Å². The van der Waals surface area contributed by atoms with Gasteiger partial charge in [0.25, 0.3) is 0 Å². The van der Waals surface area contributed by atoms with Crippen molar-refractivity contribution in [1.82, 2.24) is 25.1 Å². The Kier molecular flexibility index (Phi) is 5.66. The Bertz CT molecular complexity index is 1230. The van der Waals surface area contributed by atoms with Crippen molar-refractivity contribution in [1.29, 1.82) is 0 Å². The first kappa shape index (κ1) is 20.3. The Labute approximate surface area is 183 Å². The van der Waals surface area contributed by atoms with Crippen LogP contribution in [-0.2, 0) is 22.5 Å². The number of ether oxygens (including phenoxy) is 2. The number of rotatable bonds is 6. The van der Waals surface area contributed by atoms with Crippen LogP contribution in [0.25, 0.3) is 22.6 Å². The first-order valence-electron chi connectivity index (χ1n) is 10.4. The molecule has 3 heterocycles. The first-order chi connectivity index (χ1) is 15.6. The third-order valence-corrected chi connectivity index (χ3v) is 5.39. The van der Waals surface area contributed by atoms with Crippen LogP contribution in [0, 0.1) is 5.82 Å². The lowest BCUT2D eigenvalue weighted by Gasteiger charge is -2.26. The molecule has 0 radical (unpaired) electrons. The Morgan fingerprint density at radius 3 is 2.78 bits per heavy atom. The minimum Gasteiger partial charge on any atom is -0.426 e. The number of fused-ring (bicyclic) bond motifs is 1. The van der Waals surface area contributed by atoms with Crippen molar-refractivity contribution in [3.05, 3.63) is 65.6 Å². The van der Waals surface area contributed by atoms with Crippen LogP contribution < -0.4 is 4.74 Å². The van der Waals surface area contributed by atoms with E-state index in [9.17, 15) is 9.18 Å². The standard InChI is InChI=1S/C23H22FN5O3/c24-17-2-4-18(5-3-17)32-21(30)12-16-13-25-28-22(16)23-26-19-6-1-15(11-20(19)27-23)14-29-7-9-31-10-8-29/h1-6,11,13H,7-10,12,14H2,(H,25,28)(H,26,27). The molecule has 164 valence electrons. The number of esters is 1. The zero-order chi connectivity index (χ0) is 21.9. The molecule has 0 amide bonds. The van der Waals surface area contributed by atoms with E-state index in [0.29, 0.717) is 17.1 Å². The maximum Gasteiger partial charge on any atom is 0.315 e. The summed E-state index contributed by atoms with van der Waals surface area (Å²) >= 11 is 0. The zero-order valence-corrected chi connectivity index (χ0v) is 17.3. The molecule has 1 saturated heterocycles. The quantitative estimate of drug-likeness (QED) is 0.357. The zero-order valence-electron chi connectivity index (χ0n) is 17.3. The number of nitrogens with one attached hydrogen (secondary N) is 2. The van der Waals surface area contributed by atoms with Gasteiger partial charge in [0.1, 0.15) is 17.3 Å². The molecule has 0 atom stereocenters. The van der Waals surface area contributed by atoms with Gasteiger partial charge >= 0.3 is 5.97 Å². The summed E-state index contributed by atoms with van der Waals surface area (Å²) in [6.45, 7) is 4.25. The molecule has 5 rings (SSSR count). The number of H-pyrrole nitrogens is 2. The molecule has 32 heavy (non-hydrogen) atoms. The highest BCUT2D eigenvalue weighted by atomic mass is 19.1. The van der Waals surface area contributed by atoms with E-state index in [0.717, 1.165) is 43.9 Å². The van der Waals surface area contributed by atoms with Crippen molar-refractivity contribution in [2.24, 2.45) is 0 Å². The fourth-order valence-corrected chi connectivity index (χ4v) is 3.77. The molecule has 9 heteroatoms. The maximum absolute atomic E-state index is 13.0. The van der Waals surface area contributed by atoms with Crippen molar-refractivity contribution in [3.63, 3.8) is 0 Å². The minimum atomic E-state index is -0.469. The Morgan fingerprint density at radius 2 is 1.97 bits per heavy atom. The highest BCUT2D eigenvalue weighted by Crippen LogP contribution is 2.24. The SMILES string of the molecule is O=C(Cc1cn[nH]c1-c1nc2ccc(CN3CCOCC3)cc2[nH]1)Oc1ccc(F)cc1. The Hall–Kier alpha value is -3.56. The average Bonchev–Trinajstić information content (AvgIpc) is 3.42. The topological polar surface area (TPSA) is 96.1 Å². The van der Waals surface area contributed by atoms with E-state index in [1.165, 1.54) is 29.8 Å². The highest BCUT2D eigenvalue weighted by molar-refractivity contribution is 5.81. The van der Waals surface area contributed by atoms with Crippen LogP contribution in [0.2, 0.25) is 0 Å². The van der Waals surface area contributed by atoms with Crippen LogP contribution >= 0.6 is 0 Å². The van der Waals surface area contributed by atoms with Gasteiger partial charge in [-0.3, -0.25) is 14.8 Å². The summed E-state index contributed by atoms with van der Waals surface area (Å²) in [5.74, 6) is 0.0339. The molecule has 1 fully saturated rings. The molecule has 0 spiro atoms. The Morgan fingerprint density at radius 1 is 1.16 bits per heavy atom. The summed E-state index contributed by atoms with van der Waals surface area (Å²) in [6, 6.07) is 11.5. The number of carbonyl (C=O) groups excluding carboxylic acids is 1. The molecular formula is C23H22FN5O3. The van der Waals surface area contributed by atoms with E-state index in [1.54, 1.807) is 6.20 Å². The van der Waals surface area contributed by atoms with Crippen LogP contribution in [0.4, 0.5) is 4.39 Å². The molecule has 2 aromatic carbocycles. The number of aromatic nitrogens is 4. The fourth-order valence-electron chi connectivity index (χ4n) is 3.77. The largest absolute Gasteiger partial charge is 0.426 e. The summed E-state index contributed by atoms with van der Waals surface area (Å²) in [6.07, 6.45) is 1.58. The van der Waals surface area contributed by atoms with Crippen molar-refractivity contribution in [2.45, 2.75) is 13.0 Å². The number of morpholine rings is 1. The van der Waals surface area contributed by atoms with E-state index in [2.05, 4.69) is 37.2 Å². The van der Waals surface area contributed by atoms with Gasteiger partial charge in [0.2, 0.25) is 0 Å². The van der Waals surface area contributed by atoms with Gasteiger partial charge in [0.15, 0.2) is 5.82 Å². The van der Waals surface area contributed by atoms with Gasteiger partial charge < -0.3 is 14.5 Å². The van der Waals surface area contributed by atoms with Crippen LogP contribution in [0.1, 0.15) is 11.1 Å². The van der Waals surface area contributed by atoms with Gasteiger partial charge in [0, 0.05) is 25.2 Å². The number of imidazole rings is 1. The van der Waals surface area contributed by atoms with Crippen LogP contribution in [0.15, 0.2) is 48.7 Å². The normalized spacial score (nSPS) is 14.7. The molecule has 2 aromatic heterocycles. The fraction of sp³-hybridized carbons (Fsp3) is 0.261. The second-order valence-corrected chi connectivity index (χ2v) is 7.70. The second kappa shape index (κ2) is 8.89. The van der Waals surface area contributed by atoms with Gasteiger partial charge in [-0.2, -0.15) is 5.10 Å². The highest BCUT2D eigenvalue weighted by Gasteiger charge is 2.17. The molecule has 0 bridgehead atoms. The number of benzene rings is 2. The molecule has 0 aliphatic carbocycles. The third kappa shape index (κ3) is 4.53. The number of aromatic amines is 2. The summed E-state index contributed by atoms with van der Waals surface area (Å²) in [5.41, 5.74) is 4.24. The van der Waals surface area contributed by atoms with Crippen LogP contribution in [-0.4, -0.2) is 57.3 Å². The first-order valence-corrected chi connectivity index (χ1v) is 10.4. The molecule has 8 nitrogen and oxygen atoms in total. The van der Waals surface area contributed by atoms with Crippen molar-refractivity contribution in [3.8, 4) is 17.3 Å². The minimum absolute atomic E-state index is 0.00252. The van der Waals surface area contributed by atoms with Crippen LogP contribution in [0.5, 0.6) is 5.75 Å². The third-order valence-electron chi connectivity index (χ3n) is 5.39. The van der Waals surface area contributed by atoms with Crippen molar-refractivity contribution < 1.29 is 18.7 Å². The van der Waals surface area contributed by atoms with E-state index >= 15 is 0 Å². The maximum atomic E-state index is 13.0. The number of hydrogen-bond acceptors (Lipinski definition) is 6. The van der Waals surface area contributed by atoms with Gasteiger partial charge in [-0.1, -0.05) is 6.07 Å². The molecule has 0 saturated carbocycles. The molecule has 4 aromatic rings. The monoisotopic (exact) mass is 435 g/mol. The summed E-state index contributed by atoms with van der Waals surface area (Å²) in [7, 11) is 0. The molecule has 1 aliphatic rings. The number of hydrogen-bond donors (Lipinski definition) is 2. The van der Waals surface area contributed by atoms with Gasteiger partial charge in [0.05, 0.1) is 36.9 Å². The predicted octanol–water partition coefficient (Wildman–Crippen LogP) is 3.07. The lowest BCUT2D eigenvalue weighted by Crippen LogP contribution is -2.35. The lowest BCUT2D eigenvalue weighted by atomic mass is 10.2. The Balaban J connectivity index is 1.31. The van der Waals surface area contributed by atoms with E-state index < -0.39 is 5.97 Å². The summed E-state index contributed by atoms with van der Waals surface area (Å²) < 4.78 is 23.7. The second-order valence-electron chi connectivity index (χ2n) is 7.70. The molecule has 2 N–H and O–H groups in total. The average molecular weight is 435 g/mol. The summed E-state index contributed by atoms with van der Waals surface area (Å²) in [4.78, 5) is 22.7. The number of halogens is 1. The smallest absolute Gasteiger partial charge is 0.315 e. The van der Waals surface area contributed by atoms with Crippen molar-refractivity contribution >= 4 is 17.0 Å². The van der Waals surface area contributed by atoms with Gasteiger partial charge in [-0.25, -0.2) is 9.37 Å². The van der Waals surface area contributed by atoms with Crippen LogP contribution in [0.3, 0.4) is 0 Å². The number of carbonyl (C=O) groups is 1. The van der Waals surface area contributed by atoms with E-state index in [1.807, 2.05) is 6.07 Å². The predicted molar refractivity (Wildman–Crippen MR) is 116 cm³/mol. The molecular weight excluding hydrogens is 413 g/mol. The molecule has 0 unspecified atom stereocenters. The molecule has 1 aliphatic heterocycles. The summed E-state index contributed by atoms with van der Waals surface area (Å²) in [5, 5.41) is 6.99. The van der Waals surface area contributed by atoms with Crippen molar-refractivity contribution in [2.75, 3.05) is 26.3 Å². The van der Waals surface area contributed by atoms with Gasteiger partial charge in [-0.15, -0.1) is 0 Å². The lowest BCUT2D eigenvalue weighted by molar-refractivity contribution is -0.133. The van der Waals surface area contributed by atoms with E-state index in [4.69, 9.17) is 9.47 Å².